The van der Waals surface area contributed by atoms with Crippen LogP contribution in [0.1, 0.15) is 25.3 Å². The first-order chi connectivity index (χ1) is 9.26. The summed E-state index contributed by atoms with van der Waals surface area (Å²) in [5.74, 6) is 0.775. The Bertz CT molecular complexity index is 453. The molecule has 1 unspecified atom stereocenters. The van der Waals surface area contributed by atoms with Gasteiger partial charge in [-0.15, -0.1) is 0 Å². The van der Waals surface area contributed by atoms with Gasteiger partial charge in [0.2, 0.25) is 0 Å². The second-order valence-electron chi connectivity index (χ2n) is 3.98. The summed E-state index contributed by atoms with van der Waals surface area (Å²) in [6, 6.07) is 2.20. The van der Waals surface area contributed by atoms with Crippen LogP contribution >= 0.6 is 7.82 Å². The van der Waals surface area contributed by atoms with E-state index in [9.17, 15) is 0 Å². The van der Waals surface area contributed by atoms with Gasteiger partial charge < -0.3 is 25.2 Å². The quantitative estimate of drug-likeness (QED) is 0.604. The van der Waals surface area contributed by atoms with Gasteiger partial charge in [-0.1, -0.05) is 19.1 Å². The lowest BCUT2D eigenvalue weighted by Crippen LogP contribution is -2.16. The van der Waals surface area contributed by atoms with E-state index in [1.807, 2.05) is 12.1 Å². The van der Waals surface area contributed by atoms with Crippen LogP contribution in [-0.2, 0) is 4.57 Å². The molecule has 0 aliphatic heterocycles. The molecule has 8 heteroatoms. The first-order valence-electron chi connectivity index (χ1n) is 5.95. The molecule has 1 aromatic heterocycles. The third-order valence-electron chi connectivity index (χ3n) is 2.24. The summed E-state index contributed by atoms with van der Waals surface area (Å²) < 4.78 is 14.0. The normalized spacial score (nSPS) is 12.7. The van der Waals surface area contributed by atoms with E-state index in [0.717, 1.165) is 24.2 Å². The van der Waals surface area contributed by atoms with Crippen LogP contribution in [0.15, 0.2) is 24.5 Å². The smallest absolute Gasteiger partial charge is 0.466 e. The number of nitrogens with two attached hydrogens (primary N) is 1. The van der Waals surface area contributed by atoms with Crippen molar-refractivity contribution in [1.29, 1.82) is 0 Å². The number of methoxy groups -OCH3 is 1. The second kappa shape index (κ2) is 9.63. The van der Waals surface area contributed by atoms with E-state index >= 15 is 0 Å². The number of phosphoric acid groups is 1. The number of hydrogen-bond acceptors (Lipinski definition) is 4. The summed E-state index contributed by atoms with van der Waals surface area (Å²) in [4.78, 5) is 25.6. The van der Waals surface area contributed by atoms with Gasteiger partial charge in [0.05, 0.1) is 13.3 Å². The number of pyridine rings is 1. The average molecular weight is 304 g/mol. The molecule has 0 radical (unpaired) electrons. The highest BCUT2D eigenvalue weighted by atomic mass is 31.2. The Balaban J connectivity index is 0.000000621. The Labute approximate surface area is 118 Å². The minimum Gasteiger partial charge on any atom is -0.495 e. The highest BCUT2D eigenvalue weighted by Crippen LogP contribution is 2.25. The Morgan fingerprint density at radius 3 is 2.55 bits per heavy atom. The monoisotopic (exact) mass is 304 g/mol. The fourth-order valence-corrected chi connectivity index (χ4v) is 1.18. The molecule has 0 aromatic carbocycles. The molecule has 0 fully saturated rings. The van der Waals surface area contributed by atoms with Crippen LogP contribution in [0.4, 0.5) is 0 Å². The lowest BCUT2D eigenvalue weighted by atomic mass is 10.1. The fraction of sp³-hybridized carbons (Fsp3) is 0.417. The van der Waals surface area contributed by atoms with Gasteiger partial charge in [-0.25, -0.2) is 4.57 Å². The Hall–Kier alpha value is -1.24. The number of ether oxygens (including phenoxy) is 1. The predicted octanol–water partition coefficient (Wildman–Crippen LogP) is 1.30. The largest absolute Gasteiger partial charge is 0.495 e. The first kappa shape index (κ1) is 18.8. The van der Waals surface area contributed by atoms with Crippen LogP contribution in [0.3, 0.4) is 0 Å². The zero-order valence-corrected chi connectivity index (χ0v) is 12.4. The SMILES string of the molecule is CCC(N)CC=Cc1cncc(OC)c1.O=P(O)(O)O. The molecule has 1 atom stereocenters. The molecule has 0 spiro atoms. The molecular formula is C12H21N2O5P. The summed E-state index contributed by atoms with van der Waals surface area (Å²) in [6.07, 6.45) is 9.48. The molecule has 20 heavy (non-hydrogen) atoms. The van der Waals surface area contributed by atoms with Crippen molar-refractivity contribution < 1.29 is 24.0 Å². The van der Waals surface area contributed by atoms with E-state index in [4.69, 9.17) is 29.7 Å². The Morgan fingerprint density at radius 1 is 1.45 bits per heavy atom. The van der Waals surface area contributed by atoms with Crippen molar-refractivity contribution in [2.75, 3.05) is 7.11 Å². The zero-order chi connectivity index (χ0) is 15.6. The zero-order valence-electron chi connectivity index (χ0n) is 11.5. The van der Waals surface area contributed by atoms with Gasteiger partial charge in [0.1, 0.15) is 5.75 Å². The van der Waals surface area contributed by atoms with Crippen LogP contribution in [0.2, 0.25) is 0 Å². The highest BCUT2D eigenvalue weighted by Gasteiger charge is 2.00. The third-order valence-corrected chi connectivity index (χ3v) is 2.24. The topological polar surface area (TPSA) is 126 Å². The Morgan fingerprint density at radius 2 is 2.05 bits per heavy atom. The van der Waals surface area contributed by atoms with E-state index in [2.05, 4.69) is 18.0 Å². The Kier molecular flexibility index (Phi) is 9.03. The molecule has 0 saturated carbocycles. The molecule has 114 valence electrons. The molecule has 1 heterocycles. The summed E-state index contributed by atoms with van der Waals surface area (Å²) in [6.45, 7) is 2.09. The lowest BCUT2D eigenvalue weighted by Gasteiger charge is -2.03. The van der Waals surface area contributed by atoms with Crippen molar-refractivity contribution in [2.24, 2.45) is 5.73 Å². The maximum absolute atomic E-state index is 8.88. The van der Waals surface area contributed by atoms with Gasteiger partial charge in [-0.05, 0) is 24.5 Å². The predicted molar refractivity (Wildman–Crippen MR) is 77.0 cm³/mol. The average Bonchev–Trinajstić information content (AvgIpc) is 2.37. The van der Waals surface area contributed by atoms with Gasteiger partial charge in [-0.2, -0.15) is 0 Å². The molecule has 1 aromatic rings. The highest BCUT2D eigenvalue weighted by molar-refractivity contribution is 7.45. The van der Waals surface area contributed by atoms with Gasteiger partial charge in [0.15, 0.2) is 0 Å². The summed E-state index contributed by atoms with van der Waals surface area (Å²) in [5.41, 5.74) is 6.84. The molecule has 0 saturated heterocycles. The lowest BCUT2D eigenvalue weighted by molar-refractivity contribution is 0.275. The van der Waals surface area contributed by atoms with Gasteiger partial charge in [0, 0.05) is 12.2 Å². The fourth-order valence-electron chi connectivity index (χ4n) is 1.18. The third kappa shape index (κ3) is 11.8. The van der Waals surface area contributed by atoms with Gasteiger partial charge >= 0.3 is 7.82 Å². The molecular weight excluding hydrogens is 283 g/mol. The number of hydrogen-bond donors (Lipinski definition) is 4. The molecule has 5 N–H and O–H groups in total. The molecule has 7 nitrogen and oxygen atoms in total. The van der Waals surface area contributed by atoms with E-state index in [1.54, 1.807) is 19.5 Å². The van der Waals surface area contributed by atoms with Gasteiger partial charge in [-0.3, -0.25) is 4.98 Å². The van der Waals surface area contributed by atoms with Crippen LogP contribution in [0.5, 0.6) is 5.75 Å². The van der Waals surface area contributed by atoms with Crippen molar-refractivity contribution in [3.63, 3.8) is 0 Å². The van der Waals surface area contributed by atoms with Crippen LogP contribution < -0.4 is 10.5 Å². The van der Waals surface area contributed by atoms with Crippen molar-refractivity contribution >= 4 is 13.9 Å². The number of rotatable bonds is 5. The molecule has 0 bridgehead atoms. The minimum atomic E-state index is -4.64. The number of aromatic nitrogens is 1. The molecule has 0 aliphatic carbocycles. The van der Waals surface area contributed by atoms with Crippen LogP contribution in [-0.4, -0.2) is 32.8 Å². The standard InChI is InChI=1S/C12H18N2O.H3O4P/c1-3-11(13)6-4-5-10-7-12(15-2)9-14-8-10;1-5(2,3)4/h4-5,7-9,11H,3,6,13H2,1-2H3;(H3,1,2,3,4). The van der Waals surface area contributed by atoms with Crippen LogP contribution in [0, 0.1) is 0 Å². The van der Waals surface area contributed by atoms with E-state index < -0.39 is 7.82 Å². The molecule has 0 amide bonds. The number of nitrogens with zero attached hydrogens (tertiary/aromatic N) is 1. The van der Waals surface area contributed by atoms with E-state index in [0.29, 0.717) is 0 Å². The molecule has 0 aliphatic rings. The minimum absolute atomic E-state index is 0.250. The van der Waals surface area contributed by atoms with Crippen LogP contribution in [0.25, 0.3) is 6.08 Å². The van der Waals surface area contributed by atoms with Crippen molar-refractivity contribution in [3.05, 3.63) is 30.1 Å². The van der Waals surface area contributed by atoms with Crippen molar-refractivity contribution in [2.45, 2.75) is 25.8 Å². The van der Waals surface area contributed by atoms with E-state index in [-0.39, 0.29) is 6.04 Å². The van der Waals surface area contributed by atoms with E-state index in [1.165, 1.54) is 0 Å². The summed E-state index contributed by atoms with van der Waals surface area (Å²) in [7, 11) is -3.00. The van der Waals surface area contributed by atoms with Crippen molar-refractivity contribution in [1.82, 2.24) is 4.98 Å². The maximum Gasteiger partial charge on any atom is 0.466 e. The summed E-state index contributed by atoms with van der Waals surface area (Å²) in [5, 5.41) is 0. The van der Waals surface area contributed by atoms with Crippen molar-refractivity contribution in [3.8, 4) is 5.75 Å². The summed E-state index contributed by atoms with van der Waals surface area (Å²) >= 11 is 0. The maximum atomic E-state index is 8.88. The molecule has 1 rings (SSSR count). The van der Waals surface area contributed by atoms with Gasteiger partial charge in [0.25, 0.3) is 0 Å². The first-order valence-corrected chi connectivity index (χ1v) is 7.52. The second-order valence-corrected chi connectivity index (χ2v) is 5.00.